The quantitative estimate of drug-likeness (QED) is 0.125. The molecule has 1 radical (unpaired) electrons. The van der Waals surface area contributed by atoms with Gasteiger partial charge in [0.25, 0.3) is 30.4 Å². The SMILES string of the molecule is O=S(=O)(O)c1cc2cc3nc(cc4nc(cc5c(-c6ccccc6)c(S(=O)(=O)O)c(c(S(=O)(=O)O)c1[nH]2)n5S(=O)(=O)O)C=C4)C=C3.[Mn]. The topological polar surface area (TPSA) is 264 Å². The van der Waals surface area contributed by atoms with E-state index in [-0.39, 0.29) is 49.2 Å². The summed E-state index contributed by atoms with van der Waals surface area (Å²) in [5, 5.41) is 0. The number of aromatic nitrogens is 4. The Balaban J connectivity index is 0.00000433. The number of fused-ring (bicyclic) bond motifs is 8. The largest absolute Gasteiger partial charge is 0.364 e. The van der Waals surface area contributed by atoms with Gasteiger partial charge in [-0.25, -0.2) is 13.9 Å². The predicted molar refractivity (Wildman–Crippen MR) is 164 cm³/mol. The van der Waals surface area contributed by atoms with Crippen molar-refractivity contribution in [2.45, 2.75) is 14.7 Å². The van der Waals surface area contributed by atoms with Crippen LogP contribution in [0, 0.1) is 0 Å². The molecule has 47 heavy (non-hydrogen) atoms. The Morgan fingerprint density at radius 1 is 0.617 bits per heavy atom. The number of aromatic amines is 1. The van der Waals surface area contributed by atoms with E-state index in [9.17, 15) is 51.9 Å². The van der Waals surface area contributed by atoms with Crippen molar-refractivity contribution in [1.29, 1.82) is 0 Å². The number of benzene rings is 1. The molecule has 0 saturated heterocycles. The van der Waals surface area contributed by atoms with Crippen LogP contribution in [0.15, 0.2) is 69.3 Å². The van der Waals surface area contributed by atoms with Crippen molar-refractivity contribution in [3.63, 3.8) is 0 Å². The van der Waals surface area contributed by atoms with E-state index in [4.69, 9.17) is 0 Å². The minimum absolute atomic E-state index is 0. The van der Waals surface area contributed by atoms with Crippen LogP contribution in [-0.4, -0.2) is 70.8 Å². The van der Waals surface area contributed by atoms with Gasteiger partial charge in [0, 0.05) is 28.1 Å². The molecule has 4 aromatic rings. The summed E-state index contributed by atoms with van der Waals surface area (Å²) in [6.45, 7) is 0. The first-order valence-electron chi connectivity index (χ1n) is 12.5. The Morgan fingerprint density at radius 3 is 1.62 bits per heavy atom. The molecule has 2 aliphatic rings. The average Bonchev–Trinajstić information content (AvgIpc) is 3.70. The van der Waals surface area contributed by atoms with Crippen molar-refractivity contribution < 1.29 is 69.0 Å². The smallest absolute Gasteiger partial charge is 0.353 e. The third-order valence-electron chi connectivity index (χ3n) is 6.70. The van der Waals surface area contributed by atoms with E-state index < -0.39 is 77.5 Å². The van der Waals surface area contributed by atoms with Crippen LogP contribution >= 0.6 is 0 Å². The van der Waals surface area contributed by atoms with Gasteiger partial charge in [-0.15, -0.1) is 0 Å². The van der Waals surface area contributed by atoms with Crippen LogP contribution in [0.25, 0.3) is 57.5 Å². The first-order valence-corrected chi connectivity index (χ1v) is 18.2. The standard InChI is InChI=1S/C26H18N4O12S4.Mn/c31-43(32,33)21-13-19-11-17-7-6-15(27-17)10-16-8-9-18(28-16)12-20-22(14-4-2-1-3-5-14)25(44(34,35)36)24(30(20)46(40,41)42)26(23(21)29-19)45(37,38)39;/h1-13,29H,(H,31,32,33)(H,34,35,36)(H,37,38,39)(H,40,41,42);. The maximum atomic E-state index is 13.1. The molecule has 5 heterocycles. The molecular formula is C26H18MnN4O12S4. The van der Waals surface area contributed by atoms with Crippen LogP contribution in [0.3, 0.4) is 0 Å². The number of nitrogens with zero attached hydrogens (tertiary/aromatic N) is 3. The molecule has 0 atom stereocenters. The van der Waals surface area contributed by atoms with Gasteiger partial charge < -0.3 is 4.98 Å². The van der Waals surface area contributed by atoms with Crippen molar-refractivity contribution in [2.75, 3.05) is 0 Å². The first-order chi connectivity index (χ1) is 21.3. The molecule has 5 N–H and O–H groups in total. The molecule has 21 heteroatoms. The zero-order chi connectivity index (χ0) is 33.4. The van der Waals surface area contributed by atoms with Gasteiger partial charge in [-0.2, -0.15) is 33.7 Å². The normalized spacial score (nSPS) is 13.4. The molecule has 6 rings (SSSR count). The second kappa shape index (κ2) is 11.6. The summed E-state index contributed by atoms with van der Waals surface area (Å²) in [7, 11) is -22.9. The fourth-order valence-electron chi connectivity index (χ4n) is 5.09. The molecular weight excluding hydrogens is 744 g/mol. The van der Waals surface area contributed by atoms with Crippen LogP contribution in [0.4, 0.5) is 0 Å². The minimum Gasteiger partial charge on any atom is -0.353 e. The second-order valence-corrected chi connectivity index (χ2v) is 15.2. The van der Waals surface area contributed by atoms with Gasteiger partial charge >= 0.3 is 10.3 Å². The molecule has 0 unspecified atom stereocenters. The van der Waals surface area contributed by atoms with Gasteiger partial charge in [0.1, 0.15) is 20.2 Å². The van der Waals surface area contributed by atoms with Crippen LogP contribution in [0.1, 0.15) is 22.8 Å². The summed E-state index contributed by atoms with van der Waals surface area (Å²) in [5.74, 6) is 0. The van der Waals surface area contributed by atoms with E-state index in [2.05, 4.69) is 15.0 Å². The van der Waals surface area contributed by atoms with Crippen molar-refractivity contribution in [3.05, 3.63) is 77.4 Å². The monoisotopic (exact) mass is 761 g/mol. The Kier molecular flexibility index (Phi) is 8.47. The Labute approximate surface area is 276 Å². The van der Waals surface area contributed by atoms with E-state index in [1.165, 1.54) is 60.7 Å². The Hall–Kier alpha value is -4.02. The van der Waals surface area contributed by atoms with Crippen LogP contribution < -0.4 is 0 Å². The van der Waals surface area contributed by atoms with Crippen LogP contribution in [0.2, 0.25) is 0 Å². The molecule has 0 aliphatic carbocycles. The van der Waals surface area contributed by atoms with Gasteiger partial charge in [0.15, 0.2) is 0 Å². The van der Waals surface area contributed by atoms with Crippen molar-refractivity contribution in [1.82, 2.24) is 18.9 Å². The van der Waals surface area contributed by atoms with Crippen molar-refractivity contribution in [3.8, 4) is 11.1 Å². The molecule has 16 nitrogen and oxygen atoms in total. The molecule has 0 amide bonds. The fourth-order valence-corrected chi connectivity index (χ4v) is 8.60. The Morgan fingerprint density at radius 2 is 1.13 bits per heavy atom. The van der Waals surface area contributed by atoms with Gasteiger partial charge in [-0.3, -0.25) is 18.2 Å². The maximum absolute atomic E-state index is 13.1. The molecule has 0 fully saturated rings. The number of H-pyrrole nitrogens is 1. The number of nitrogens with one attached hydrogen (secondary N) is 1. The van der Waals surface area contributed by atoms with Crippen LogP contribution in [-0.2, 0) is 57.7 Å². The maximum Gasteiger partial charge on any atom is 0.364 e. The molecule has 1 aromatic carbocycles. The van der Waals surface area contributed by atoms with Gasteiger partial charge in [-0.1, -0.05) is 30.3 Å². The van der Waals surface area contributed by atoms with E-state index in [0.29, 0.717) is 11.8 Å². The molecule has 0 saturated carbocycles. The number of hydrogen-bond donors (Lipinski definition) is 5. The fraction of sp³-hybridized carbons (Fsp3) is 0. The van der Waals surface area contributed by atoms with Crippen molar-refractivity contribution in [2.24, 2.45) is 0 Å². The van der Waals surface area contributed by atoms with Gasteiger partial charge in [0.2, 0.25) is 0 Å². The zero-order valence-electron chi connectivity index (χ0n) is 22.9. The summed E-state index contributed by atoms with van der Waals surface area (Å²) in [6, 6.07) is 11.1. The molecule has 245 valence electrons. The summed E-state index contributed by atoms with van der Waals surface area (Å²) in [4.78, 5) is 6.49. The summed E-state index contributed by atoms with van der Waals surface area (Å²) >= 11 is 0. The Bertz CT molecular complexity index is 2680. The van der Waals surface area contributed by atoms with Crippen molar-refractivity contribution >= 4 is 87.0 Å². The summed E-state index contributed by atoms with van der Waals surface area (Å²) in [6.07, 6.45) is 5.90. The predicted octanol–water partition coefficient (Wildman–Crippen LogP) is 3.18. The van der Waals surface area contributed by atoms with E-state index in [1.54, 1.807) is 6.08 Å². The van der Waals surface area contributed by atoms with E-state index in [1.807, 2.05) is 0 Å². The summed E-state index contributed by atoms with van der Waals surface area (Å²) < 4.78 is 145. The third-order valence-corrected chi connectivity index (χ3v) is 10.2. The second-order valence-electron chi connectivity index (χ2n) is 9.79. The van der Waals surface area contributed by atoms with Crippen LogP contribution in [0.5, 0.6) is 0 Å². The van der Waals surface area contributed by atoms with E-state index in [0.717, 1.165) is 6.07 Å². The van der Waals surface area contributed by atoms with Gasteiger partial charge in [-0.05, 0) is 54.1 Å². The minimum atomic E-state index is -5.94. The third kappa shape index (κ3) is 6.45. The number of hydrogen-bond acceptors (Lipinski definition) is 10. The molecule has 0 spiro atoms. The molecule has 3 aromatic heterocycles. The summed E-state index contributed by atoms with van der Waals surface area (Å²) in [5.41, 5.74) is -3.96. The molecule has 8 bridgehead atoms. The first kappa shape index (κ1) is 34.3. The van der Waals surface area contributed by atoms with E-state index >= 15 is 0 Å². The number of rotatable bonds is 5. The molecule has 2 aliphatic heterocycles. The average molecular weight is 762 g/mol. The van der Waals surface area contributed by atoms with Gasteiger partial charge in [0.05, 0.1) is 33.8 Å². The zero-order valence-corrected chi connectivity index (χ0v) is 27.4.